The van der Waals surface area contributed by atoms with E-state index >= 15 is 0 Å². The molecule has 4 aromatic rings. The standard InChI is InChI=1S/C20H15N3O2S/c1-25-16-9-5-6-14(10-16)12-22-23-13-21-19-17(20(23)24)11-18(26-19)15-7-3-2-4-8-15/h2-13H,1H3/b22-12+. The first-order valence-corrected chi connectivity index (χ1v) is 8.81. The van der Waals surface area contributed by atoms with Crippen molar-refractivity contribution in [3.05, 3.63) is 82.9 Å². The molecule has 0 aliphatic rings. The van der Waals surface area contributed by atoms with Crippen molar-refractivity contribution < 1.29 is 4.74 Å². The van der Waals surface area contributed by atoms with Crippen LogP contribution in [-0.2, 0) is 0 Å². The number of thiophene rings is 1. The van der Waals surface area contributed by atoms with E-state index in [0.717, 1.165) is 21.8 Å². The Hall–Kier alpha value is -3.25. The molecular weight excluding hydrogens is 346 g/mol. The summed E-state index contributed by atoms with van der Waals surface area (Å²) in [6.07, 6.45) is 3.06. The second-order valence-electron chi connectivity index (χ2n) is 5.61. The van der Waals surface area contributed by atoms with Crippen LogP contribution in [0.15, 0.2) is 76.9 Å². The number of ether oxygens (including phenoxy) is 1. The van der Waals surface area contributed by atoms with Crippen LogP contribution in [0.5, 0.6) is 5.75 Å². The van der Waals surface area contributed by atoms with Crippen LogP contribution in [0.2, 0.25) is 0 Å². The Bertz CT molecular complexity index is 1150. The molecule has 26 heavy (non-hydrogen) atoms. The Morgan fingerprint density at radius 1 is 1.12 bits per heavy atom. The van der Waals surface area contributed by atoms with Crippen LogP contribution in [0.4, 0.5) is 0 Å². The van der Waals surface area contributed by atoms with Crippen LogP contribution in [0.25, 0.3) is 20.7 Å². The van der Waals surface area contributed by atoms with Crippen molar-refractivity contribution in [3.63, 3.8) is 0 Å². The lowest BCUT2D eigenvalue weighted by molar-refractivity contribution is 0.415. The Balaban J connectivity index is 1.71. The monoisotopic (exact) mass is 361 g/mol. The van der Waals surface area contributed by atoms with Crippen molar-refractivity contribution in [2.75, 3.05) is 7.11 Å². The molecule has 0 saturated heterocycles. The molecule has 2 heterocycles. The average molecular weight is 361 g/mol. The maximum Gasteiger partial charge on any atom is 0.282 e. The van der Waals surface area contributed by atoms with Crippen molar-refractivity contribution in [1.29, 1.82) is 0 Å². The molecule has 0 aliphatic heterocycles. The summed E-state index contributed by atoms with van der Waals surface area (Å²) in [7, 11) is 1.61. The predicted octanol–water partition coefficient (Wildman–Crippen LogP) is 4.02. The minimum absolute atomic E-state index is 0.187. The fourth-order valence-corrected chi connectivity index (χ4v) is 3.59. The summed E-state index contributed by atoms with van der Waals surface area (Å²) in [4.78, 5) is 18.8. The Kier molecular flexibility index (Phi) is 4.33. The molecular formula is C20H15N3O2S. The van der Waals surface area contributed by atoms with Crippen LogP contribution in [0, 0.1) is 0 Å². The summed E-state index contributed by atoms with van der Waals surface area (Å²) in [6, 6.07) is 19.3. The first kappa shape index (κ1) is 16.2. The predicted molar refractivity (Wildman–Crippen MR) is 105 cm³/mol. The van der Waals surface area contributed by atoms with Crippen molar-refractivity contribution in [1.82, 2.24) is 9.66 Å². The lowest BCUT2D eigenvalue weighted by Crippen LogP contribution is -2.16. The summed E-state index contributed by atoms with van der Waals surface area (Å²) in [5.74, 6) is 0.736. The normalized spacial score (nSPS) is 11.3. The fourth-order valence-electron chi connectivity index (χ4n) is 2.59. The molecule has 0 fully saturated rings. The maximum absolute atomic E-state index is 12.7. The molecule has 2 aromatic heterocycles. The van der Waals surface area contributed by atoms with Crippen molar-refractivity contribution in [2.45, 2.75) is 0 Å². The van der Waals surface area contributed by atoms with Gasteiger partial charge in [0.25, 0.3) is 5.56 Å². The van der Waals surface area contributed by atoms with E-state index in [2.05, 4.69) is 10.1 Å². The van der Waals surface area contributed by atoms with Crippen molar-refractivity contribution in [3.8, 4) is 16.2 Å². The Morgan fingerprint density at radius 2 is 1.96 bits per heavy atom. The average Bonchev–Trinajstić information content (AvgIpc) is 3.14. The van der Waals surface area contributed by atoms with E-state index in [1.165, 1.54) is 22.3 Å². The second-order valence-corrected chi connectivity index (χ2v) is 6.64. The fraction of sp³-hybridized carbons (Fsp3) is 0.0500. The summed E-state index contributed by atoms with van der Waals surface area (Å²) in [6.45, 7) is 0. The van der Waals surface area contributed by atoms with Crippen LogP contribution in [0.1, 0.15) is 5.56 Å². The van der Waals surface area contributed by atoms with Crippen LogP contribution >= 0.6 is 11.3 Å². The third-order valence-electron chi connectivity index (χ3n) is 3.92. The van der Waals surface area contributed by atoms with Crippen LogP contribution < -0.4 is 10.3 Å². The Labute approximate surface area is 153 Å². The smallest absolute Gasteiger partial charge is 0.282 e. The van der Waals surface area contributed by atoms with E-state index in [1.807, 2.05) is 60.7 Å². The first-order valence-electron chi connectivity index (χ1n) is 7.99. The molecule has 5 nitrogen and oxygen atoms in total. The third kappa shape index (κ3) is 3.14. The van der Waals surface area contributed by atoms with E-state index in [1.54, 1.807) is 13.3 Å². The topological polar surface area (TPSA) is 56.5 Å². The molecule has 0 bridgehead atoms. The lowest BCUT2D eigenvalue weighted by atomic mass is 10.2. The van der Waals surface area contributed by atoms with E-state index in [-0.39, 0.29) is 5.56 Å². The van der Waals surface area contributed by atoms with Gasteiger partial charge in [0.2, 0.25) is 0 Å². The number of fused-ring (bicyclic) bond motifs is 1. The van der Waals surface area contributed by atoms with Gasteiger partial charge in [0.1, 0.15) is 16.9 Å². The molecule has 4 rings (SSSR count). The maximum atomic E-state index is 12.7. The zero-order valence-electron chi connectivity index (χ0n) is 14.0. The molecule has 0 saturated carbocycles. The van der Waals surface area contributed by atoms with Crippen molar-refractivity contribution >= 4 is 27.8 Å². The summed E-state index contributed by atoms with van der Waals surface area (Å²) < 4.78 is 6.45. The quantitative estimate of drug-likeness (QED) is 0.516. The molecule has 0 amide bonds. The zero-order valence-corrected chi connectivity index (χ0v) is 14.8. The van der Waals surface area contributed by atoms with Gasteiger partial charge in [-0.3, -0.25) is 4.79 Å². The van der Waals surface area contributed by atoms with Crippen molar-refractivity contribution in [2.24, 2.45) is 5.10 Å². The van der Waals surface area contributed by atoms with E-state index in [9.17, 15) is 4.79 Å². The minimum Gasteiger partial charge on any atom is -0.497 e. The zero-order chi connectivity index (χ0) is 17.9. The number of hydrogen-bond donors (Lipinski definition) is 0. The van der Waals surface area contributed by atoms with Gasteiger partial charge in [0.15, 0.2) is 0 Å². The van der Waals surface area contributed by atoms with E-state index in [4.69, 9.17) is 4.74 Å². The lowest BCUT2D eigenvalue weighted by Gasteiger charge is -2.00. The number of hydrogen-bond acceptors (Lipinski definition) is 5. The number of nitrogens with zero attached hydrogens (tertiary/aromatic N) is 3. The molecule has 0 radical (unpaired) electrons. The highest BCUT2D eigenvalue weighted by Gasteiger charge is 2.09. The molecule has 0 spiro atoms. The van der Waals surface area contributed by atoms with Gasteiger partial charge in [-0.25, -0.2) is 4.98 Å². The van der Waals surface area contributed by atoms with Gasteiger partial charge in [0, 0.05) is 4.88 Å². The van der Waals surface area contributed by atoms with Crippen LogP contribution in [-0.4, -0.2) is 23.0 Å². The molecule has 0 N–H and O–H groups in total. The molecule has 0 aliphatic carbocycles. The summed E-state index contributed by atoms with van der Waals surface area (Å²) >= 11 is 1.50. The number of aromatic nitrogens is 2. The van der Waals surface area contributed by atoms with E-state index < -0.39 is 0 Å². The highest BCUT2D eigenvalue weighted by Crippen LogP contribution is 2.30. The van der Waals surface area contributed by atoms with Gasteiger partial charge in [-0.1, -0.05) is 42.5 Å². The molecule has 0 atom stereocenters. The number of rotatable bonds is 4. The van der Waals surface area contributed by atoms with Gasteiger partial charge in [0.05, 0.1) is 18.7 Å². The number of benzene rings is 2. The van der Waals surface area contributed by atoms with Gasteiger partial charge < -0.3 is 4.74 Å². The van der Waals surface area contributed by atoms with Gasteiger partial charge in [-0.05, 0) is 29.3 Å². The number of methoxy groups -OCH3 is 1. The molecule has 6 heteroatoms. The van der Waals surface area contributed by atoms with Gasteiger partial charge in [-0.2, -0.15) is 9.78 Å². The van der Waals surface area contributed by atoms with Crippen LogP contribution in [0.3, 0.4) is 0 Å². The third-order valence-corrected chi connectivity index (χ3v) is 5.01. The van der Waals surface area contributed by atoms with Gasteiger partial charge in [-0.15, -0.1) is 11.3 Å². The van der Waals surface area contributed by atoms with E-state index in [0.29, 0.717) is 10.2 Å². The molecule has 0 unspecified atom stereocenters. The highest BCUT2D eigenvalue weighted by molar-refractivity contribution is 7.21. The Morgan fingerprint density at radius 3 is 2.77 bits per heavy atom. The SMILES string of the molecule is COc1cccc(/C=N/n2cnc3sc(-c4ccccc4)cc3c2=O)c1. The first-order chi connectivity index (χ1) is 12.7. The summed E-state index contributed by atoms with van der Waals surface area (Å²) in [5, 5.41) is 4.82. The largest absolute Gasteiger partial charge is 0.497 e. The molecule has 128 valence electrons. The summed E-state index contributed by atoms with van der Waals surface area (Å²) in [5.41, 5.74) is 1.72. The van der Waals surface area contributed by atoms with Gasteiger partial charge >= 0.3 is 0 Å². The highest BCUT2D eigenvalue weighted by atomic mass is 32.1. The molecule has 2 aromatic carbocycles. The minimum atomic E-state index is -0.187. The second kappa shape index (κ2) is 6.93.